The summed E-state index contributed by atoms with van der Waals surface area (Å²) in [7, 11) is 0. The Morgan fingerprint density at radius 1 is 1.27 bits per heavy atom. The van der Waals surface area contributed by atoms with Gasteiger partial charge >= 0.3 is 0 Å². The van der Waals surface area contributed by atoms with E-state index in [1.165, 1.54) is 0 Å². The third kappa shape index (κ3) is 3.65. The highest BCUT2D eigenvalue weighted by Crippen LogP contribution is 2.13. The van der Waals surface area contributed by atoms with Crippen LogP contribution in [0.2, 0.25) is 0 Å². The number of aromatic nitrogens is 4. The van der Waals surface area contributed by atoms with Crippen molar-refractivity contribution in [3.05, 3.63) is 54.1 Å². The number of carbonyl (C=O) groups is 1. The SMILES string of the molecule is O=C(NC1CCNCC1)c1cnn2ccc(NCc3cccnc3)nc12. The van der Waals surface area contributed by atoms with Crippen LogP contribution >= 0.6 is 0 Å². The second-order valence-corrected chi connectivity index (χ2v) is 6.35. The summed E-state index contributed by atoms with van der Waals surface area (Å²) >= 11 is 0. The molecule has 1 aliphatic rings. The molecular formula is C18H21N7O. The minimum atomic E-state index is -0.121. The number of anilines is 1. The Bertz CT molecular complexity index is 887. The van der Waals surface area contributed by atoms with Crippen LogP contribution in [0.25, 0.3) is 5.65 Å². The first-order chi connectivity index (χ1) is 12.8. The molecule has 3 N–H and O–H groups in total. The molecule has 0 saturated carbocycles. The van der Waals surface area contributed by atoms with E-state index in [4.69, 9.17) is 0 Å². The minimum absolute atomic E-state index is 0.121. The Morgan fingerprint density at radius 3 is 2.96 bits per heavy atom. The van der Waals surface area contributed by atoms with Crippen LogP contribution in [-0.2, 0) is 6.54 Å². The molecule has 4 heterocycles. The van der Waals surface area contributed by atoms with Crippen molar-refractivity contribution in [2.75, 3.05) is 18.4 Å². The summed E-state index contributed by atoms with van der Waals surface area (Å²) in [6.45, 7) is 2.47. The molecule has 26 heavy (non-hydrogen) atoms. The van der Waals surface area contributed by atoms with Crippen LogP contribution in [0.1, 0.15) is 28.8 Å². The van der Waals surface area contributed by atoms with Crippen LogP contribution in [0, 0.1) is 0 Å². The number of fused-ring (bicyclic) bond motifs is 1. The third-order valence-electron chi connectivity index (χ3n) is 4.48. The van der Waals surface area contributed by atoms with E-state index < -0.39 is 0 Å². The van der Waals surface area contributed by atoms with Gasteiger partial charge in [-0.2, -0.15) is 5.10 Å². The quantitative estimate of drug-likeness (QED) is 0.640. The molecule has 134 valence electrons. The Labute approximate surface area is 151 Å². The van der Waals surface area contributed by atoms with Gasteiger partial charge in [-0.1, -0.05) is 6.07 Å². The van der Waals surface area contributed by atoms with Crippen molar-refractivity contribution in [3.8, 4) is 0 Å². The second-order valence-electron chi connectivity index (χ2n) is 6.35. The fourth-order valence-electron chi connectivity index (χ4n) is 3.05. The fourth-order valence-corrected chi connectivity index (χ4v) is 3.05. The lowest BCUT2D eigenvalue weighted by molar-refractivity contribution is 0.0931. The second kappa shape index (κ2) is 7.49. The summed E-state index contributed by atoms with van der Waals surface area (Å²) in [5.74, 6) is 0.571. The van der Waals surface area contributed by atoms with Gasteiger partial charge in [0.25, 0.3) is 5.91 Å². The molecule has 0 aliphatic carbocycles. The van der Waals surface area contributed by atoms with Gasteiger partial charge in [0, 0.05) is 31.2 Å². The van der Waals surface area contributed by atoms with E-state index in [0.717, 1.165) is 31.5 Å². The molecule has 4 rings (SSSR count). The number of pyridine rings is 1. The zero-order chi connectivity index (χ0) is 17.8. The molecule has 0 atom stereocenters. The number of hydrogen-bond donors (Lipinski definition) is 3. The number of hydrogen-bond acceptors (Lipinski definition) is 6. The highest BCUT2D eigenvalue weighted by Gasteiger charge is 2.19. The average molecular weight is 351 g/mol. The van der Waals surface area contributed by atoms with Crippen molar-refractivity contribution in [3.63, 3.8) is 0 Å². The van der Waals surface area contributed by atoms with Gasteiger partial charge in [-0.25, -0.2) is 9.50 Å². The Morgan fingerprint density at radius 2 is 2.15 bits per heavy atom. The lowest BCUT2D eigenvalue weighted by Crippen LogP contribution is -2.42. The summed E-state index contributed by atoms with van der Waals surface area (Å²) in [4.78, 5) is 21.3. The predicted octanol–water partition coefficient (Wildman–Crippen LogP) is 1.22. The molecule has 1 fully saturated rings. The number of amides is 1. The predicted molar refractivity (Wildman–Crippen MR) is 97.9 cm³/mol. The summed E-state index contributed by atoms with van der Waals surface area (Å²) in [6.07, 6.45) is 8.81. The topological polar surface area (TPSA) is 96.2 Å². The number of nitrogens with one attached hydrogen (secondary N) is 3. The Kier molecular flexibility index (Phi) is 4.74. The van der Waals surface area contributed by atoms with Crippen LogP contribution in [0.3, 0.4) is 0 Å². The normalized spacial score (nSPS) is 15.1. The lowest BCUT2D eigenvalue weighted by Gasteiger charge is -2.23. The average Bonchev–Trinajstić information content (AvgIpc) is 3.11. The van der Waals surface area contributed by atoms with Gasteiger partial charge < -0.3 is 16.0 Å². The van der Waals surface area contributed by atoms with Crippen LogP contribution in [0.4, 0.5) is 5.82 Å². The van der Waals surface area contributed by atoms with Gasteiger partial charge in [-0.05, 0) is 43.6 Å². The minimum Gasteiger partial charge on any atom is -0.366 e. The van der Waals surface area contributed by atoms with Crippen molar-refractivity contribution in [2.45, 2.75) is 25.4 Å². The van der Waals surface area contributed by atoms with Gasteiger partial charge in [-0.3, -0.25) is 9.78 Å². The van der Waals surface area contributed by atoms with E-state index in [1.807, 2.05) is 24.4 Å². The number of nitrogens with zero attached hydrogens (tertiary/aromatic N) is 4. The first kappa shape index (κ1) is 16.5. The van der Waals surface area contributed by atoms with Gasteiger partial charge in [0.2, 0.25) is 0 Å². The molecule has 0 bridgehead atoms. The summed E-state index contributed by atoms with van der Waals surface area (Å²) in [5, 5.41) is 13.9. The third-order valence-corrected chi connectivity index (χ3v) is 4.48. The molecule has 1 amide bonds. The van der Waals surface area contributed by atoms with E-state index in [1.54, 1.807) is 23.1 Å². The maximum atomic E-state index is 12.6. The van der Waals surface area contributed by atoms with Crippen molar-refractivity contribution >= 4 is 17.4 Å². The fraction of sp³-hybridized carbons (Fsp3) is 0.333. The Balaban J connectivity index is 1.49. The molecular weight excluding hydrogens is 330 g/mol. The highest BCUT2D eigenvalue weighted by atomic mass is 16.1. The standard InChI is InChI=1S/C18H21N7O/c26-18(23-14-3-7-19-8-4-14)15-12-22-25-9-5-16(24-17(15)25)21-11-13-2-1-6-20-10-13/h1-2,5-6,9-10,12,14,19H,3-4,7-8,11H2,(H,21,24)(H,23,26). The van der Waals surface area contributed by atoms with Gasteiger partial charge in [0.05, 0.1) is 6.20 Å². The van der Waals surface area contributed by atoms with Crippen LogP contribution in [0.5, 0.6) is 0 Å². The molecule has 8 nitrogen and oxygen atoms in total. The van der Waals surface area contributed by atoms with Crippen LogP contribution in [-0.4, -0.2) is 44.6 Å². The maximum Gasteiger partial charge on any atom is 0.256 e. The number of carbonyl (C=O) groups excluding carboxylic acids is 1. The monoisotopic (exact) mass is 351 g/mol. The van der Waals surface area contributed by atoms with Crippen molar-refractivity contribution < 1.29 is 4.79 Å². The highest BCUT2D eigenvalue weighted by molar-refractivity contribution is 5.99. The molecule has 0 radical (unpaired) electrons. The van der Waals surface area contributed by atoms with E-state index in [-0.39, 0.29) is 11.9 Å². The molecule has 0 spiro atoms. The smallest absolute Gasteiger partial charge is 0.256 e. The first-order valence-electron chi connectivity index (χ1n) is 8.78. The van der Waals surface area contributed by atoms with Gasteiger partial charge in [0.1, 0.15) is 11.4 Å². The van der Waals surface area contributed by atoms with Crippen molar-refractivity contribution in [1.82, 2.24) is 30.2 Å². The molecule has 1 saturated heterocycles. The zero-order valence-electron chi connectivity index (χ0n) is 14.4. The molecule has 8 heteroatoms. The molecule has 1 aliphatic heterocycles. The van der Waals surface area contributed by atoms with Gasteiger partial charge in [0.15, 0.2) is 5.65 Å². The molecule has 3 aromatic heterocycles. The summed E-state index contributed by atoms with van der Waals surface area (Å²) in [6, 6.07) is 5.93. The summed E-state index contributed by atoms with van der Waals surface area (Å²) in [5.41, 5.74) is 2.10. The van der Waals surface area contributed by atoms with E-state index in [0.29, 0.717) is 23.6 Å². The molecule has 3 aromatic rings. The first-order valence-corrected chi connectivity index (χ1v) is 8.78. The van der Waals surface area contributed by atoms with Gasteiger partial charge in [-0.15, -0.1) is 0 Å². The van der Waals surface area contributed by atoms with Crippen molar-refractivity contribution in [2.24, 2.45) is 0 Å². The number of piperidine rings is 1. The number of rotatable bonds is 5. The summed E-state index contributed by atoms with van der Waals surface area (Å²) < 4.78 is 1.62. The zero-order valence-corrected chi connectivity index (χ0v) is 14.4. The lowest BCUT2D eigenvalue weighted by atomic mass is 10.1. The van der Waals surface area contributed by atoms with Crippen molar-refractivity contribution in [1.29, 1.82) is 0 Å². The molecule has 0 unspecified atom stereocenters. The Hall–Kier alpha value is -3.00. The molecule has 0 aromatic carbocycles. The van der Waals surface area contributed by atoms with Crippen LogP contribution < -0.4 is 16.0 Å². The van der Waals surface area contributed by atoms with Crippen LogP contribution in [0.15, 0.2) is 43.0 Å². The van der Waals surface area contributed by atoms with E-state index >= 15 is 0 Å². The van der Waals surface area contributed by atoms with E-state index in [2.05, 4.69) is 31.0 Å². The largest absolute Gasteiger partial charge is 0.366 e. The maximum absolute atomic E-state index is 12.6. The van der Waals surface area contributed by atoms with E-state index in [9.17, 15) is 4.79 Å².